The molecule has 2 N–H and O–H groups in total. The Labute approximate surface area is 222 Å². The molecule has 0 saturated carbocycles. The van der Waals surface area contributed by atoms with Gasteiger partial charge in [0.2, 0.25) is 5.91 Å². The number of hydrogen-bond acceptors (Lipinski definition) is 7. The molecule has 0 bridgehead atoms. The fraction of sp³-hybridized carbons (Fsp3) is 0.360. The van der Waals surface area contributed by atoms with E-state index in [2.05, 4.69) is 26.2 Å². The van der Waals surface area contributed by atoms with Gasteiger partial charge in [0.1, 0.15) is 17.0 Å². The van der Waals surface area contributed by atoms with Gasteiger partial charge in [0.15, 0.2) is 0 Å². The summed E-state index contributed by atoms with van der Waals surface area (Å²) >= 11 is 1.55. The van der Waals surface area contributed by atoms with Gasteiger partial charge in [-0.25, -0.2) is 4.98 Å². The van der Waals surface area contributed by atoms with Crippen LogP contribution in [0.5, 0.6) is 11.5 Å². The maximum absolute atomic E-state index is 11.5. The highest BCUT2D eigenvalue weighted by Gasteiger charge is 2.18. The summed E-state index contributed by atoms with van der Waals surface area (Å²) in [6.45, 7) is 6.59. The number of benzene rings is 2. The summed E-state index contributed by atoms with van der Waals surface area (Å²) < 4.78 is 5.94. The first-order chi connectivity index (χ1) is 16.1. The second-order valence-corrected chi connectivity index (χ2v) is 9.48. The maximum atomic E-state index is 11.5. The Hall–Kier alpha value is -2.23. The lowest BCUT2D eigenvalue weighted by molar-refractivity contribution is -0.113. The van der Waals surface area contributed by atoms with Crippen molar-refractivity contribution >= 4 is 59.1 Å². The molecule has 3 heterocycles. The van der Waals surface area contributed by atoms with Crippen molar-refractivity contribution in [3.05, 3.63) is 54.2 Å². The third-order valence-corrected chi connectivity index (χ3v) is 7.14. The Bertz CT molecular complexity index is 1160. The van der Waals surface area contributed by atoms with E-state index in [1.807, 2.05) is 36.4 Å². The zero-order valence-corrected chi connectivity index (χ0v) is 21.8. The van der Waals surface area contributed by atoms with Crippen LogP contribution in [0.3, 0.4) is 0 Å². The minimum atomic E-state index is 0. The number of phenols is 1. The van der Waals surface area contributed by atoms with Crippen molar-refractivity contribution < 1.29 is 14.6 Å². The molecule has 0 atom stereocenters. The second-order valence-electron chi connectivity index (χ2n) is 8.47. The largest absolute Gasteiger partial charge is 0.506 e. The molecule has 7 nitrogen and oxygen atoms in total. The number of para-hydroxylation sites is 1. The molecule has 188 valence electrons. The Morgan fingerprint density at radius 1 is 1.03 bits per heavy atom. The molecule has 5 rings (SSSR count). The lowest BCUT2D eigenvalue weighted by Gasteiger charge is -2.34. The average Bonchev–Trinajstić information content (AvgIpc) is 2.83. The van der Waals surface area contributed by atoms with E-state index in [0.29, 0.717) is 17.9 Å². The first kappa shape index (κ1) is 27.4. The Morgan fingerprint density at radius 3 is 2.66 bits per heavy atom. The Balaban J connectivity index is 0.00000171. The van der Waals surface area contributed by atoms with Gasteiger partial charge in [-0.15, -0.1) is 36.6 Å². The topological polar surface area (TPSA) is 77.9 Å². The van der Waals surface area contributed by atoms with Gasteiger partial charge in [-0.3, -0.25) is 9.69 Å². The normalized spacial score (nSPS) is 16.1. The van der Waals surface area contributed by atoms with Crippen molar-refractivity contribution in [2.24, 2.45) is 0 Å². The lowest BCUT2D eigenvalue weighted by Crippen LogP contribution is -2.46. The number of fused-ring (bicyclic) bond motifs is 2. The predicted molar refractivity (Wildman–Crippen MR) is 146 cm³/mol. The van der Waals surface area contributed by atoms with Crippen LogP contribution < -0.4 is 10.1 Å². The molecule has 1 amide bonds. The summed E-state index contributed by atoms with van der Waals surface area (Å²) in [6.07, 6.45) is 0.979. The van der Waals surface area contributed by atoms with E-state index >= 15 is 0 Å². The molecule has 0 aliphatic carbocycles. The van der Waals surface area contributed by atoms with Crippen molar-refractivity contribution in [3.8, 4) is 11.5 Å². The molecule has 35 heavy (non-hydrogen) atoms. The van der Waals surface area contributed by atoms with Gasteiger partial charge in [0.05, 0.1) is 23.7 Å². The van der Waals surface area contributed by atoms with Crippen LogP contribution in [-0.4, -0.2) is 70.9 Å². The van der Waals surface area contributed by atoms with E-state index in [4.69, 9.17) is 4.74 Å². The van der Waals surface area contributed by atoms with Crippen LogP contribution >= 0.6 is 36.6 Å². The highest BCUT2D eigenvalue weighted by molar-refractivity contribution is 8.00. The number of hydrogen-bond donors (Lipinski definition) is 2. The summed E-state index contributed by atoms with van der Waals surface area (Å²) in [6, 6.07) is 15.4. The van der Waals surface area contributed by atoms with E-state index in [9.17, 15) is 9.90 Å². The highest BCUT2D eigenvalue weighted by atomic mass is 35.5. The maximum Gasteiger partial charge on any atom is 0.234 e. The number of pyridine rings is 1. The molecular weight excluding hydrogens is 507 g/mol. The molecule has 10 heteroatoms. The highest BCUT2D eigenvalue weighted by Crippen LogP contribution is 2.34. The van der Waals surface area contributed by atoms with Crippen LogP contribution in [0.25, 0.3) is 10.9 Å². The summed E-state index contributed by atoms with van der Waals surface area (Å²) in [7, 11) is 0. The van der Waals surface area contributed by atoms with Crippen LogP contribution in [0, 0.1) is 0 Å². The van der Waals surface area contributed by atoms with Crippen molar-refractivity contribution in [2.45, 2.75) is 17.9 Å². The number of amides is 1. The molecule has 2 aliphatic rings. The van der Waals surface area contributed by atoms with Crippen molar-refractivity contribution in [3.63, 3.8) is 0 Å². The Morgan fingerprint density at radius 2 is 1.83 bits per heavy atom. The zero-order valence-electron chi connectivity index (χ0n) is 19.3. The molecule has 1 saturated heterocycles. The quantitative estimate of drug-likeness (QED) is 0.433. The minimum Gasteiger partial charge on any atom is -0.506 e. The number of nitrogens with zero attached hydrogens (tertiary/aromatic N) is 3. The van der Waals surface area contributed by atoms with Crippen LogP contribution in [-0.2, 0) is 11.3 Å². The van der Waals surface area contributed by atoms with Gasteiger partial charge < -0.3 is 20.1 Å². The van der Waals surface area contributed by atoms with Gasteiger partial charge in [0, 0.05) is 49.6 Å². The average molecular weight is 538 g/mol. The van der Waals surface area contributed by atoms with Gasteiger partial charge in [0.25, 0.3) is 0 Å². The number of piperazine rings is 1. The molecule has 2 aliphatic heterocycles. The molecule has 1 aromatic heterocycles. The number of nitrogens with one attached hydrogen (secondary N) is 1. The van der Waals surface area contributed by atoms with E-state index in [1.54, 1.807) is 17.8 Å². The molecular formula is C25H30Cl2N4O3S. The predicted octanol–water partition coefficient (Wildman–Crippen LogP) is 4.41. The zero-order chi connectivity index (χ0) is 22.6. The first-order valence-corrected chi connectivity index (χ1v) is 12.3. The third-order valence-electron chi connectivity index (χ3n) is 6.08. The SMILES string of the molecule is Cl.Cl.O=C1CSc2cc(OCCCN3CCN(Cc4ccc5cccc(O)c5n4)CC3)ccc2N1. The molecule has 2 aromatic carbocycles. The number of aromatic nitrogens is 1. The number of thioether (sulfide) groups is 1. The summed E-state index contributed by atoms with van der Waals surface area (Å²) in [5.41, 5.74) is 2.54. The first-order valence-electron chi connectivity index (χ1n) is 11.4. The van der Waals surface area contributed by atoms with E-state index < -0.39 is 0 Å². The number of carbonyl (C=O) groups excluding carboxylic acids is 1. The fourth-order valence-corrected chi connectivity index (χ4v) is 5.12. The van der Waals surface area contributed by atoms with E-state index in [1.165, 1.54) is 0 Å². The minimum absolute atomic E-state index is 0. The van der Waals surface area contributed by atoms with Crippen LogP contribution in [0.4, 0.5) is 5.69 Å². The van der Waals surface area contributed by atoms with Crippen molar-refractivity contribution in [2.75, 3.05) is 50.4 Å². The Kier molecular flexibility index (Phi) is 9.89. The summed E-state index contributed by atoms with van der Waals surface area (Å²) in [4.78, 5) is 22.1. The van der Waals surface area contributed by atoms with Gasteiger partial charge in [-0.1, -0.05) is 18.2 Å². The number of aromatic hydroxyl groups is 1. The second kappa shape index (κ2) is 12.6. The molecule has 1 fully saturated rings. The van der Waals surface area contributed by atoms with E-state index in [-0.39, 0.29) is 36.5 Å². The van der Waals surface area contributed by atoms with Crippen molar-refractivity contribution in [1.29, 1.82) is 0 Å². The third kappa shape index (κ3) is 6.92. The number of carbonyl (C=O) groups is 1. The van der Waals surface area contributed by atoms with Crippen LogP contribution in [0.1, 0.15) is 12.1 Å². The smallest absolute Gasteiger partial charge is 0.234 e. The van der Waals surface area contributed by atoms with Crippen LogP contribution in [0.2, 0.25) is 0 Å². The van der Waals surface area contributed by atoms with E-state index in [0.717, 1.165) is 73.1 Å². The van der Waals surface area contributed by atoms with Gasteiger partial charge in [-0.05, 0) is 36.8 Å². The summed E-state index contributed by atoms with van der Waals surface area (Å²) in [5, 5.41) is 13.9. The van der Waals surface area contributed by atoms with Gasteiger partial charge in [-0.2, -0.15) is 0 Å². The number of rotatable bonds is 7. The number of anilines is 1. The van der Waals surface area contributed by atoms with Crippen molar-refractivity contribution in [1.82, 2.24) is 14.8 Å². The molecule has 3 aromatic rings. The standard InChI is InChI=1S/C25H28N4O3S.2ClH/c30-22-4-1-3-18-5-6-19(26-25(18)22)16-29-12-10-28(11-13-29)9-2-14-32-20-7-8-21-23(15-20)33-17-24(31)27-21;;/h1,3-8,15,30H,2,9-14,16-17H2,(H,27,31);2*1H. The number of halogens is 2. The summed E-state index contributed by atoms with van der Waals surface area (Å²) in [5.74, 6) is 1.61. The van der Waals surface area contributed by atoms with Crippen LogP contribution in [0.15, 0.2) is 53.4 Å². The van der Waals surface area contributed by atoms with Gasteiger partial charge >= 0.3 is 0 Å². The number of phenolic OH excluding ortho intramolecular Hbond substituents is 1. The molecule has 0 radical (unpaired) electrons. The number of ether oxygens (including phenoxy) is 1. The molecule has 0 spiro atoms. The molecule has 0 unspecified atom stereocenters. The fourth-order valence-electron chi connectivity index (χ4n) is 4.28. The monoisotopic (exact) mass is 536 g/mol. The lowest BCUT2D eigenvalue weighted by atomic mass is 10.2.